The molecule has 0 saturated carbocycles. The molecule has 6 rings (SSSR count). The molecule has 1 aromatic heterocycles. The summed E-state index contributed by atoms with van der Waals surface area (Å²) < 4.78 is 39.4. The van der Waals surface area contributed by atoms with Gasteiger partial charge in [-0.3, -0.25) is 9.59 Å². The lowest BCUT2D eigenvalue weighted by Gasteiger charge is -2.25. The van der Waals surface area contributed by atoms with Crippen molar-refractivity contribution >= 4 is 16.9 Å². The molecule has 0 radical (unpaired) electrons. The van der Waals surface area contributed by atoms with Crippen LogP contribution in [0.2, 0.25) is 0 Å². The van der Waals surface area contributed by atoms with Crippen molar-refractivity contribution < 1.29 is 22.7 Å². The topological polar surface area (TPSA) is 59.8 Å². The van der Waals surface area contributed by atoms with Crippen molar-refractivity contribution in [3.8, 4) is 5.75 Å². The average molecular weight is 510 g/mol. The fourth-order valence-corrected chi connectivity index (χ4v) is 4.80. The van der Waals surface area contributed by atoms with Gasteiger partial charge < -0.3 is 14.1 Å². The fourth-order valence-electron chi connectivity index (χ4n) is 4.80. The molecule has 1 amide bonds. The van der Waals surface area contributed by atoms with E-state index in [-0.39, 0.29) is 28.8 Å². The molecule has 5 aromatic rings. The van der Waals surface area contributed by atoms with E-state index in [1.165, 1.54) is 29.2 Å². The summed E-state index contributed by atoms with van der Waals surface area (Å²) in [5.74, 6) is -0.977. The third-order valence-electron chi connectivity index (χ3n) is 6.62. The molecule has 5 nitrogen and oxygen atoms in total. The molecule has 1 aliphatic heterocycles. The quantitative estimate of drug-likeness (QED) is 0.266. The Labute approximate surface area is 216 Å². The summed E-state index contributed by atoms with van der Waals surface area (Å²) in [6, 6.07) is 25.5. The third kappa shape index (κ3) is 4.32. The van der Waals surface area contributed by atoms with Crippen molar-refractivity contribution in [2.75, 3.05) is 0 Å². The normalized spacial score (nSPS) is 14.6. The van der Waals surface area contributed by atoms with Crippen LogP contribution in [-0.2, 0) is 13.2 Å². The summed E-state index contributed by atoms with van der Waals surface area (Å²) in [5, 5.41) is 0.0571. The number of hydrogen-bond donors (Lipinski definition) is 0. The molecule has 1 unspecified atom stereocenters. The van der Waals surface area contributed by atoms with Crippen LogP contribution in [0.1, 0.15) is 38.9 Å². The maximum absolute atomic E-state index is 14.0. The lowest BCUT2D eigenvalue weighted by molar-refractivity contribution is 0.0714. The van der Waals surface area contributed by atoms with E-state index in [1.54, 1.807) is 36.4 Å². The summed E-state index contributed by atoms with van der Waals surface area (Å²) in [4.78, 5) is 28.8. The Morgan fingerprint density at radius 2 is 1.55 bits per heavy atom. The van der Waals surface area contributed by atoms with Crippen molar-refractivity contribution in [1.82, 2.24) is 4.90 Å². The molecule has 0 bridgehead atoms. The van der Waals surface area contributed by atoms with Gasteiger partial charge in [-0.15, -0.1) is 0 Å². The zero-order valence-electron chi connectivity index (χ0n) is 20.1. The van der Waals surface area contributed by atoms with Crippen LogP contribution in [0.15, 0.2) is 106 Å². The lowest BCUT2D eigenvalue weighted by atomic mass is 9.98. The SMILES string of the molecule is O=C1c2oc3ccc(F)cc3c(=O)c2C(c2cccc(OCc3ccccc3)c2)N1Cc1ccc(F)cc1. The summed E-state index contributed by atoms with van der Waals surface area (Å²) in [6.07, 6.45) is 0. The van der Waals surface area contributed by atoms with Gasteiger partial charge in [-0.2, -0.15) is 0 Å². The van der Waals surface area contributed by atoms with Crippen LogP contribution in [0.4, 0.5) is 8.78 Å². The molecule has 0 saturated heterocycles. The highest BCUT2D eigenvalue weighted by Crippen LogP contribution is 2.40. The highest BCUT2D eigenvalue weighted by Gasteiger charge is 2.42. The van der Waals surface area contributed by atoms with Crippen LogP contribution in [0.3, 0.4) is 0 Å². The number of fused-ring (bicyclic) bond motifs is 2. The van der Waals surface area contributed by atoms with Crippen molar-refractivity contribution in [3.63, 3.8) is 0 Å². The zero-order chi connectivity index (χ0) is 26.2. The smallest absolute Gasteiger partial charge is 0.291 e. The van der Waals surface area contributed by atoms with E-state index in [4.69, 9.17) is 9.15 Å². The molecule has 2 heterocycles. The van der Waals surface area contributed by atoms with Gasteiger partial charge in [-0.25, -0.2) is 8.78 Å². The minimum atomic E-state index is -0.813. The van der Waals surface area contributed by atoms with E-state index >= 15 is 0 Å². The molecule has 0 N–H and O–H groups in total. The molecule has 0 spiro atoms. The minimum absolute atomic E-state index is 0.0571. The van der Waals surface area contributed by atoms with Gasteiger partial charge in [0.2, 0.25) is 5.76 Å². The maximum Gasteiger partial charge on any atom is 0.291 e. The van der Waals surface area contributed by atoms with Crippen LogP contribution in [-0.4, -0.2) is 10.8 Å². The van der Waals surface area contributed by atoms with Gasteiger partial charge >= 0.3 is 0 Å². The first-order valence-corrected chi connectivity index (χ1v) is 12.1. The number of benzene rings is 4. The van der Waals surface area contributed by atoms with Gasteiger partial charge in [0.15, 0.2) is 5.43 Å². The Bertz CT molecular complexity index is 1710. The molecule has 38 heavy (non-hydrogen) atoms. The van der Waals surface area contributed by atoms with Crippen LogP contribution in [0.25, 0.3) is 11.0 Å². The average Bonchev–Trinajstić information content (AvgIpc) is 3.21. The Hall–Kier alpha value is -4.78. The number of carbonyl (C=O) groups excluding carboxylic acids is 1. The first-order valence-electron chi connectivity index (χ1n) is 12.1. The minimum Gasteiger partial charge on any atom is -0.489 e. The van der Waals surface area contributed by atoms with Crippen molar-refractivity contribution in [3.05, 3.63) is 147 Å². The van der Waals surface area contributed by atoms with Gasteiger partial charge in [-0.1, -0.05) is 54.6 Å². The number of amides is 1. The van der Waals surface area contributed by atoms with E-state index < -0.39 is 29.0 Å². The van der Waals surface area contributed by atoms with Crippen LogP contribution in [0.5, 0.6) is 5.75 Å². The van der Waals surface area contributed by atoms with Crippen LogP contribution >= 0.6 is 0 Å². The second-order valence-electron chi connectivity index (χ2n) is 9.12. The molecular formula is C31H21F2NO4. The fraction of sp³-hybridized carbons (Fsp3) is 0.0968. The standard InChI is InChI=1S/C31H21F2NO4/c32-22-11-9-19(10-12-22)17-34-28(21-7-4-8-24(15-21)37-18-20-5-2-1-3-6-20)27-29(35)25-16-23(33)13-14-26(25)38-30(27)31(34)36/h1-16,28H,17-18H2. The van der Waals surface area contributed by atoms with Gasteiger partial charge in [0.05, 0.1) is 17.0 Å². The second kappa shape index (κ2) is 9.59. The Kier molecular flexibility index (Phi) is 5.96. The predicted molar refractivity (Wildman–Crippen MR) is 138 cm³/mol. The number of hydrogen-bond acceptors (Lipinski definition) is 4. The highest BCUT2D eigenvalue weighted by atomic mass is 19.1. The summed E-state index contributed by atoms with van der Waals surface area (Å²) in [6.45, 7) is 0.447. The summed E-state index contributed by atoms with van der Waals surface area (Å²) in [7, 11) is 0. The molecule has 188 valence electrons. The van der Waals surface area contributed by atoms with E-state index in [2.05, 4.69) is 0 Å². The molecule has 4 aromatic carbocycles. The van der Waals surface area contributed by atoms with Crippen LogP contribution in [0, 0.1) is 11.6 Å². The number of halogens is 2. The van der Waals surface area contributed by atoms with Gasteiger partial charge in [-0.05, 0) is 59.2 Å². The number of carbonyl (C=O) groups is 1. The number of rotatable bonds is 6. The van der Waals surface area contributed by atoms with Crippen molar-refractivity contribution in [2.45, 2.75) is 19.2 Å². The summed E-state index contributed by atoms with van der Waals surface area (Å²) >= 11 is 0. The van der Waals surface area contributed by atoms with Crippen LogP contribution < -0.4 is 10.2 Å². The van der Waals surface area contributed by atoms with E-state index in [1.807, 2.05) is 30.3 Å². The summed E-state index contributed by atoms with van der Waals surface area (Å²) in [5.41, 5.74) is 2.09. The number of nitrogens with zero attached hydrogens (tertiary/aromatic N) is 1. The van der Waals surface area contributed by atoms with E-state index in [9.17, 15) is 18.4 Å². The zero-order valence-corrected chi connectivity index (χ0v) is 20.1. The monoisotopic (exact) mass is 509 g/mol. The number of ether oxygens (including phenoxy) is 1. The predicted octanol–water partition coefficient (Wildman–Crippen LogP) is 6.40. The molecule has 0 fully saturated rings. The van der Waals surface area contributed by atoms with Gasteiger partial charge in [0, 0.05) is 6.54 Å². The lowest BCUT2D eigenvalue weighted by Crippen LogP contribution is -2.29. The Balaban J connectivity index is 1.45. The van der Waals surface area contributed by atoms with Gasteiger partial charge in [0.1, 0.15) is 29.6 Å². The van der Waals surface area contributed by atoms with E-state index in [0.29, 0.717) is 23.5 Å². The largest absolute Gasteiger partial charge is 0.489 e. The maximum atomic E-state index is 14.0. The molecule has 0 aliphatic carbocycles. The molecule has 7 heteroatoms. The van der Waals surface area contributed by atoms with E-state index in [0.717, 1.165) is 11.6 Å². The molecule has 1 atom stereocenters. The molecular weight excluding hydrogens is 488 g/mol. The second-order valence-corrected chi connectivity index (χ2v) is 9.12. The Morgan fingerprint density at radius 3 is 2.34 bits per heavy atom. The van der Waals surface area contributed by atoms with Gasteiger partial charge in [0.25, 0.3) is 5.91 Å². The Morgan fingerprint density at radius 1 is 0.789 bits per heavy atom. The van der Waals surface area contributed by atoms with Crippen molar-refractivity contribution in [1.29, 1.82) is 0 Å². The highest BCUT2D eigenvalue weighted by molar-refractivity contribution is 5.99. The first-order chi connectivity index (χ1) is 18.5. The molecule has 1 aliphatic rings. The third-order valence-corrected chi connectivity index (χ3v) is 6.62. The first kappa shape index (κ1) is 23.6. The van der Waals surface area contributed by atoms with Crippen molar-refractivity contribution in [2.24, 2.45) is 0 Å².